The lowest BCUT2D eigenvalue weighted by atomic mass is 9.95. The lowest BCUT2D eigenvalue weighted by molar-refractivity contribution is -0.392. The summed E-state index contributed by atoms with van der Waals surface area (Å²) < 4.78 is 49.5. The van der Waals surface area contributed by atoms with Crippen LogP contribution in [0.4, 0.5) is 0 Å². The number of hydrogen-bond acceptors (Lipinski definition) is 27. The van der Waals surface area contributed by atoms with Crippen molar-refractivity contribution in [3.05, 3.63) is 11.8 Å². The highest BCUT2D eigenvalue weighted by Crippen LogP contribution is 2.36. The van der Waals surface area contributed by atoms with Crippen molar-refractivity contribution in [1.82, 2.24) is 0 Å². The first-order valence-corrected chi connectivity index (χ1v) is 19.3. The van der Waals surface area contributed by atoms with Crippen LogP contribution in [0.5, 0.6) is 0 Å². The van der Waals surface area contributed by atoms with Crippen LogP contribution in [0.15, 0.2) is 11.8 Å². The first-order valence-electron chi connectivity index (χ1n) is 19.3. The number of aldehydes is 1. The zero-order valence-electron chi connectivity index (χ0n) is 32.0. The van der Waals surface area contributed by atoms with E-state index in [-0.39, 0.29) is 12.8 Å². The standard InChI is InChI=1S/C34H56O27/c35-4-2-1-3-9(40)25-15(42)14(41)21(48)34(57-25)61-29-13(8-39)56-33(24(51)19(29)46)60-28-12(7-38)55-32(23(50)18(28)45)59-27-11(6-37)54-31(22(49)17(27)44)58-26-10(5-36)53-30(52)20(47)16(26)43/h3-4,10-34,36-52H,1-2,5-8H2/t10-,11-,12-,13-,14+,15+,16-,17-,18-,19-,20-,21-,22-,23-,24-,25-,26-,27-,28-,29-,30+,31-,32-,33-,34-/m1/s1. The molecule has 5 aliphatic rings. The first kappa shape index (κ1) is 50.2. The highest BCUT2D eigenvalue weighted by Gasteiger charge is 2.56. The van der Waals surface area contributed by atoms with E-state index in [0.717, 1.165) is 6.08 Å². The van der Waals surface area contributed by atoms with Crippen molar-refractivity contribution in [2.24, 2.45) is 0 Å². The van der Waals surface area contributed by atoms with Crippen molar-refractivity contribution in [2.45, 2.75) is 166 Å². The number of unbranched alkanes of at least 4 members (excludes halogenated alkanes) is 1. The maximum absolute atomic E-state index is 11.1. The predicted molar refractivity (Wildman–Crippen MR) is 185 cm³/mol. The SMILES string of the molecule is O=CCCC=C(O)[C@H]1O[C@H](O[C@H]2[C@H](O)[C@@H](O)[C@@H](O[C@H]3[C@H](O)[C@@H](O)[C@@H](O[C@H]4[C@H](O)[C@@H](O)[C@@H](O[C@H]5[C@H](O)[C@@H](O)[C@@H](O)O[C@@H]5CO)O[C@@H]4CO)O[C@@H]3CO)O[C@@H]2CO)[C@H](O)[C@@H](O)[C@@H]1O. The van der Waals surface area contributed by atoms with Crippen LogP contribution in [0, 0.1) is 0 Å². The maximum atomic E-state index is 11.1. The fraction of sp³-hybridized carbons (Fsp3) is 0.912. The van der Waals surface area contributed by atoms with Crippen LogP contribution >= 0.6 is 0 Å². The number of carbonyl (C=O) groups is 1. The van der Waals surface area contributed by atoms with Gasteiger partial charge >= 0.3 is 0 Å². The van der Waals surface area contributed by atoms with Crippen molar-refractivity contribution >= 4 is 6.29 Å². The summed E-state index contributed by atoms with van der Waals surface area (Å²) in [6, 6.07) is 0. The molecule has 0 amide bonds. The van der Waals surface area contributed by atoms with Gasteiger partial charge in [0.2, 0.25) is 0 Å². The minimum Gasteiger partial charge on any atom is -0.510 e. The van der Waals surface area contributed by atoms with E-state index in [2.05, 4.69) is 0 Å². The van der Waals surface area contributed by atoms with E-state index in [1.807, 2.05) is 0 Å². The smallest absolute Gasteiger partial charge is 0.187 e. The molecule has 17 N–H and O–H groups in total. The zero-order chi connectivity index (χ0) is 45.0. The molecule has 5 heterocycles. The average molecular weight is 897 g/mol. The van der Waals surface area contributed by atoms with Crippen molar-refractivity contribution in [3.8, 4) is 0 Å². The van der Waals surface area contributed by atoms with E-state index in [9.17, 15) is 91.6 Å². The van der Waals surface area contributed by atoms with E-state index in [1.165, 1.54) is 0 Å². The lowest BCUT2D eigenvalue weighted by Crippen LogP contribution is -2.68. The van der Waals surface area contributed by atoms with Crippen LogP contribution in [-0.2, 0) is 47.4 Å². The third-order valence-corrected chi connectivity index (χ3v) is 11.0. The first-order chi connectivity index (χ1) is 28.9. The molecule has 354 valence electrons. The van der Waals surface area contributed by atoms with Gasteiger partial charge in [0, 0.05) is 6.42 Å². The number of aliphatic hydroxyl groups is 17. The molecule has 0 spiro atoms. The third kappa shape index (κ3) is 10.7. The van der Waals surface area contributed by atoms with Gasteiger partial charge in [0.05, 0.1) is 26.4 Å². The maximum Gasteiger partial charge on any atom is 0.187 e. The molecule has 5 saturated heterocycles. The second kappa shape index (κ2) is 21.9. The summed E-state index contributed by atoms with van der Waals surface area (Å²) in [6.07, 6.45) is -45.4. The van der Waals surface area contributed by atoms with Crippen LogP contribution in [-0.4, -0.2) is 273 Å². The monoisotopic (exact) mass is 896 g/mol. The van der Waals surface area contributed by atoms with Crippen molar-refractivity contribution in [2.75, 3.05) is 26.4 Å². The molecule has 5 fully saturated rings. The van der Waals surface area contributed by atoms with Crippen LogP contribution < -0.4 is 0 Å². The van der Waals surface area contributed by atoms with Gasteiger partial charge in [0.15, 0.2) is 31.5 Å². The molecule has 5 rings (SSSR count). The Bertz CT molecular complexity index is 1390. The molecule has 5 aliphatic heterocycles. The Morgan fingerprint density at radius 1 is 0.410 bits per heavy atom. The van der Waals surface area contributed by atoms with E-state index in [1.54, 1.807) is 0 Å². The number of hydrogen-bond donors (Lipinski definition) is 17. The topological polar surface area (TPSA) is 444 Å². The Balaban J connectivity index is 1.23. The number of ether oxygens (including phenoxy) is 9. The molecule has 0 aromatic rings. The molecule has 0 radical (unpaired) electrons. The van der Waals surface area contributed by atoms with Crippen LogP contribution in [0.25, 0.3) is 0 Å². The molecule has 0 aromatic carbocycles. The van der Waals surface area contributed by atoms with E-state index < -0.39 is 186 Å². The lowest BCUT2D eigenvalue weighted by Gasteiger charge is -2.49. The summed E-state index contributed by atoms with van der Waals surface area (Å²) in [5, 5.41) is 178. The number of carbonyl (C=O) groups excluding carboxylic acids is 1. The molecule has 0 saturated carbocycles. The molecule has 61 heavy (non-hydrogen) atoms. The summed E-state index contributed by atoms with van der Waals surface area (Å²) in [7, 11) is 0. The van der Waals surface area contributed by atoms with Gasteiger partial charge in [-0.3, -0.25) is 0 Å². The minimum absolute atomic E-state index is 0.00666. The van der Waals surface area contributed by atoms with Crippen molar-refractivity contribution < 1.29 is 134 Å². The molecule has 0 aliphatic carbocycles. The molecule has 0 aromatic heterocycles. The Labute approximate surface area is 345 Å². The number of aliphatic hydroxyl groups excluding tert-OH is 17. The summed E-state index contributed by atoms with van der Waals surface area (Å²) in [4.78, 5) is 10.6. The van der Waals surface area contributed by atoms with Crippen molar-refractivity contribution in [3.63, 3.8) is 0 Å². The number of allylic oxidation sites excluding steroid dienone is 1. The van der Waals surface area contributed by atoms with Gasteiger partial charge in [-0.2, -0.15) is 0 Å². The average Bonchev–Trinajstić information content (AvgIpc) is 3.25. The van der Waals surface area contributed by atoms with E-state index in [4.69, 9.17) is 42.6 Å². The molecule has 27 nitrogen and oxygen atoms in total. The Morgan fingerprint density at radius 2 is 0.738 bits per heavy atom. The van der Waals surface area contributed by atoms with Gasteiger partial charge in [-0.05, 0) is 12.5 Å². The largest absolute Gasteiger partial charge is 0.510 e. The fourth-order valence-corrected chi connectivity index (χ4v) is 7.47. The van der Waals surface area contributed by atoms with Crippen LogP contribution in [0.1, 0.15) is 12.8 Å². The molecule has 25 atom stereocenters. The van der Waals surface area contributed by atoms with Gasteiger partial charge in [-0.25, -0.2) is 0 Å². The molecule has 27 heteroatoms. The van der Waals surface area contributed by atoms with Crippen LogP contribution in [0.2, 0.25) is 0 Å². The normalized spacial score (nSPS) is 50.0. The fourth-order valence-electron chi connectivity index (χ4n) is 7.47. The highest BCUT2D eigenvalue weighted by molar-refractivity contribution is 5.49. The van der Waals surface area contributed by atoms with Crippen molar-refractivity contribution in [1.29, 1.82) is 0 Å². The van der Waals surface area contributed by atoms with E-state index >= 15 is 0 Å². The van der Waals surface area contributed by atoms with E-state index in [0.29, 0.717) is 6.29 Å². The molecule has 0 unspecified atom stereocenters. The van der Waals surface area contributed by atoms with Crippen LogP contribution in [0.3, 0.4) is 0 Å². The quantitative estimate of drug-likeness (QED) is 0.0388. The Kier molecular flexibility index (Phi) is 18.1. The van der Waals surface area contributed by atoms with Gasteiger partial charge < -0.3 is 134 Å². The third-order valence-electron chi connectivity index (χ3n) is 11.0. The molecular weight excluding hydrogens is 840 g/mol. The number of rotatable bonds is 16. The zero-order valence-corrected chi connectivity index (χ0v) is 32.0. The molecular formula is C34H56O27. The second-order valence-electron chi connectivity index (χ2n) is 15.0. The summed E-state index contributed by atoms with van der Waals surface area (Å²) in [5.74, 6) is -0.634. The Morgan fingerprint density at radius 3 is 1.10 bits per heavy atom. The second-order valence-corrected chi connectivity index (χ2v) is 15.0. The van der Waals surface area contributed by atoms with Gasteiger partial charge in [0.1, 0.15) is 134 Å². The molecule has 0 bridgehead atoms. The minimum atomic E-state index is -2.14. The summed E-state index contributed by atoms with van der Waals surface area (Å²) in [6.45, 7) is -3.79. The van der Waals surface area contributed by atoms with Gasteiger partial charge in [-0.1, -0.05) is 0 Å². The summed E-state index contributed by atoms with van der Waals surface area (Å²) >= 11 is 0. The predicted octanol–water partition coefficient (Wildman–Crippen LogP) is -10.5. The van der Waals surface area contributed by atoms with Gasteiger partial charge in [0.25, 0.3) is 0 Å². The highest BCUT2D eigenvalue weighted by atomic mass is 16.8. The van der Waals surface area contributed by atoms with Gasteiger partial charge in [-0.15, -0.1) is 0 Å². The Hall–Kier alpha value is -1.79. The summed E-state index contributed by atoms with van der Waals surface area (Å²) in [5.41, 5.74) is 0.